The van der Waals surface area contributed by atoms with Gasteiger partial charge < -0.3 is 4.98 Å². The molecule has 76 valence electrons. The Morgan fingerprint density at radius 1 is 1.33 bits per heavy atom. The summed E-state index contributed by atoms with van der Waals surface area (Å²) in [7, 11) is 0. The minimum Gasteiger partial charge on any atom is -0.313 e. The second-order valence-electron chi connectivity index (χ2n) is 2.92. The van der Waals surface area contributed by atoms with Gasteiger partial charge in [-0.15, -0.1) is 0 Å². The molecule has 0 spiro atoms. The highest BCUT2D eigenvalue weighted by Gasteiger charge is 2.08. The van der Waals surface area contributed by atoms with Crippen LogP contribution < -0.4 is 5.56 Å². The van der Waals surface area contributed by atoms with Crippen molar-refractivity contribution in [2.75, 3.05) is 0 Å². The number of nitrogens with one attached hydrogen (secondary N) is 1. The highest BCUT2D eigenvalue weighted by atomic mass is 35.5. The number of benzene rings is 1. The van der Waals surface area contributed by atoms with Gasteiger partial charge in [0, 0.05) is 16.8 Å². The molecule has 0 aliphatic rings. The van der Waals surface area contributed by atoms with Crippen molar-refractivity contribution >= 4 is 11.6 Å². The summed E-state index contributed by atoms with van der Waals surface area (Å²) >= 11 is 5.86. The molecule has 15 heavy (non-hydrogen) atoms. The molecule has 2 aromatic rings. The van der Waals surface area contributed by atoms with E-state index in [2.05, 4.69) is 9.97 Å². The fraction of sp³-hybridized carbons (Fsp3) is 0. The van der Waals surface area contributed by atoms with E-state index in [0.29, 0.717) is 10.6 Å². The van der Waals surface area contributed by atoms with Crippen LogP contribution >= 0.6 is 11.6 Å². The molecule has 0 aliphatic carbocycles. The van der Waals surface area contributed by atoms with Gasteiger partial charge in [-0.25, -0.2) is 9.37 Å². The molecular formula is C10H6ClFN2O. The SMILES string of the molecule is O=c1[nH]cncc1-c1cc(F)ccc1Cl. The van der Waals surface area contributed by atoms with E-state index in [1.807, 2.05) is 0 Å². The summed E-state index contributed by atoms with van der Waals surface area (Å²) < 4.78 is 13.0. The molecule has 0 saturated heterocycles. The van der Waals surface area contributed by atoms with E-state index >= 15 is 0 Å². The molecule has 1 aromatic carbocycles. The first-order chi connectivity index (χ1) is 7.18. The molecule has 0 unspecified atom stereocenters. The van der Waals surface area contributed by atoms with Crippen molar-refractivity contribution < 1.29 is 4.39 Å². The topological polar surface area (TPSA) is 45.8 Å². The second kappa shape index (κ2) is 3.82. The maximum atomic E-state index is 13.0. The number of aromatic nitrogens is 2. The van der Waals surface area contributed by atoms with Gasteiger partial charge in [0.15, 0.2) is 0 Å². The van der Waals surface area contributed by atoms with Crippen LogP contribution in [-0.4, -0.2) is 9.97 Å². The second-order valence-corrected chi connectivity index (χ2v) is 3.33. The van der Waals surface area contributed by atoms with Crippen molar-refractivity contribution in [2.45, 2.75) is 0 Å². The molecule has 1 aromatic heterocycles. The van der Waals surface area contributed by atoms with E-state index in [4.69, 9.17) is 11.6 Å². The summed E-state index contributed by atoms with van der Waals surface area (Å²) in [5.41, 5.74) is 0.241. The molecule has 3 nitrogen and oxygen atoms in total. The van der Waals surface area contributed by atoms with E-state index in [1.54, 1.807) is 0 Å². The molecule has 1 N–H and O–H groups in total. The molecular weight excluding hydrogens is 219 g/mol. The molecule has 0 bridgehead atoms. The summed E-state index contributed by atoms with van der Waals surface area (Å²) in [6, 6.07) is 3.84. The van der Waals surface area contributed by atoms with E-state index in [1.165, 1.54) is 30.7 Å². The third kappa shape index (κ3) is 1.89. The first-order valence-electron chi connectivity index (χ1n) is 4.16. The fourth-order valence-electron chi connectivity index (χ4n) is 1.24. The van der Waals surface area contributed by atoms with Crippen molar-refractivity contribution in [3.63, 3.8) is 0 Å². The van der Waals surface area contributed by atoms with Gasteiger partial charge in [-0.1, -0.05) is 11.6 Å². The minimum absolute atomic E-state index is 0.252. The van der Waals surface area contributed by atoms with Gasteiger partial charge in [-0.05, 0) is 18.2 Å². The molecule has 0 radical (unpaired) electrons. The normalized spacial score (nSPS) is 10.3. The van der Waals surface area contributed by atoms with Crippen LogP contribution in [0.5, 0.6) is 0 Å². The monoisotopic (exact) mass is 224 g/mol. The fourth-order valence-corrected chi connectivity index (χ4v) is 1.46. The van der Waals surface area contributed by atoms with Crippen LogP contribution in [-0.2, 0) is 0 Å². The first-order valence-corrected chi connectivity index (χ1v) is 4.54. The van der Waals surface area contributed by atoms with E-state index in [0.717, 1.165) is 0 Å². The molecule has 0 aliphatic heterocycles. The Bertz CT molecular complexity index is 553. The Morgan fingerprint density at radius 3 is 2.87 bits per heavy atom. The average Bonchev–Trinajstić information content (AvgIpc) is 2.23. The number of H-pyrrole nitrogens is 1. The van der Waals surface area contributed by atoms with Crippen LogP contribution in [0, 0.1) is 5.82 Å². The van der Waals surface area contributed by atoms with Crippen molar-refractivity contribution in [1.29, 1.82) is 0 Å². The smallest absolute Gasteiger partial charge is 0.258 e. The summed E-state index contributed by atoms with van der Waals surface area (Å²) in [6.45, 7) is 0. The maximum Gasteiger partial charge on any atom is 0.258 e. The largest absolute Gasteiger partial charge is 0.313 e. The zero-order chi connectivity index (χ0) is 10.8. The minimum atomic E-state index is -0.447. The predicted molar refractivity (Wildman–Crippen MR) is 55.3 cm³/mol. The average molecular weight is 225 g/mol. The lowest BCUT2D eigenvalue weighted by molar-refractivity contribution is 0.628. The molecule has 0 fully saturated rings. The Morgan fingerprint density at radius 2 is 2.13 bits per heavy atom. The number of hydrogen-bond acceptors (Lipinski definition) is 2. The molecule has 0 amide bonds. The van der Waals surface area contributed by atoms with Gasteiger partial charge >= 0.3 is 0 Å². The molecule has 0 atom stereocenters. The molecule has 1 heterocycles. The van der Waals surface area contributed by atoms with Crippen LogP contribution in [0.3, 0.4) is 0 Å². The number of halogens is 2. The third-order valence-corrected chi connectivity index (χ3v) is 2.27. The van der Waals surface area contributed by atoms with Crippen molar-refractivity contribution in [2.24, 2.45) is 0 Å². The Labute approximate surface area is 89.6 Å². The van der Waals surface area contributed by atoms with Gasteiger partial charge in [0.2, 0.25) is 0 Å². The third-order valence-electron chi connectivity index (χ3n) is 1.94. The van der Waals surface area contributed by atoms with Crippen LogP contribution in [0.4, 0.5) is 4.39 Å². The van der Waals surface area contributed by atoms with E-state index in [-0.39, 0.29) is 11.1 Å². The number of nitrogens with zero attached hydrogens (tertiary/aromatic N) is 1. The lowest BCUT2D eigenvalue weighted by atomic mass is 10.1. The quantitative estimate of drug-likeness (QED) is 0.808. The summed E-state index contributed by atoms with van der Waals surface area (Å²) in [4.78, 5) is 17.6. The zero-order valence-electron chi connectivity index (χ0n) is 7.50. The van der Waals surface area contributed by atoms with Crippen LogP contribution in [0.25, 0.3) is 11.1 Å². The number of aromatic amines is 1. The maximum absolute atomic E-state index is 13.0. The van der Waals surface area contributed by atoms with Gasteiger partial charge in [0.25, 0.3) is 5.56 Å². The lowest BCUT2D eigenvalue weighted by Gasteiger charge is -2.02. The highest BCUT2D eigenvalue weighted by molar-refractivity contribution is 6.33. The summed E-state index contributed by atoms with van der Waals surface area (Å²) in [5, 5.41) is 0.315. The van der Waals surface area contributed by atoms with Crippen LogP contribution in [0.1, 0.15) is 0 Å². The Balaban J connectivity index is 2.69. The molecule has 2 rings (SSSR count). The van der Waals surface area contributed by atoms with Gasteiger partial charge in [0.05, 0.1) is 11.9 Å². The van der Waals surface area contributed by atoms with E-state index < -0.39 is 5.82 Å². The number of hydrogen-bond donors (Lipinski definition) is 1. The van der Waals surface area contributed by atoms with Gasteiger partial charge in [-0.2, -0.15) is 0 Å². The van der Waals surface area contributed by atoms with Crippen LogP contribution in [0.2, 0.25) is 5.02 Å². The standard InChI is InChI=1S/C10H6ClFN2O/c11-9-2-1-6(12)3-7(9)8-4-13-5-14-10(8)15/h1-5H,(H,13,14,15). The van der Waals surface area contributed by atoms with E-state index in [9.17, 15) is 9.18 Å². The summed E-state index contributed by atoms with van der Waals surface area (Å²) in [5.74, 6) is -0.447. The Hall–Kier alpha value is -1.68. The van der Waals surface area contributed by atoms with Crippen molar-refractivity contribution in [3.8, 4) is 11.1 Å². The number of rotatable bonds is 1. The zero-order valence-corrected chi connectivity index (χ0v) is 8.25. The lowest BCUT2D eigenvalue weighted by Crippen LogP contribution is -2.08. The van der Waals surface area contributed by atoms with Crippen molar-refractivity contribution in [3.05, 3.63) is 51.9 Å². The van der Waals surface area contributed by atoms with Crippen LogP contribution in [0.15, 0.2) is 35.5 Å². The molecule has 5 heteroatoms. The molecule has 0 saturated carbocycles. The first kappa shape index (κ1) is 9.86. The summed E-state index contributed by atoms with van der Waals surface area (Å²) in [6.07, 6.45) is 2.61. The van der Waals surface area contributed by atoms with Gasteiger partial charge in [-0.3, -0.25) is 4.79 Å². The predicted octanol–water partition coefficient (Wildman–Crippen LogP) is 2.23. The van der Waals surface area contributed by atoms with Crippen molar-refractivity contribution in [1.82, 2.24) is 9.97 Å². The van der Waals surface area contributed by atoms with Gasteiger partial charge in [0.1, 0.15) is 5.82 Å². The Kier molecular flexibility index (Phi) is 2.51. The highest BCUT2D eigenvalue weighted by Crippen LogP contribution is 2.25.